The number of rotatable bonds is 13. The summed E-state index contributed by atoms with van der Waals surface area (Å²) in [5, 5.41) is 8.02. The number of nitrogens with zero attached hydrogens (tertiary/aromatic N) is 1. The monoisotopic (exact) mass is 660 g/mol. The van der Waals surface area contributed by atoms with E-state index >= 15 is 0 Å². The molecular weight excluding hydrogens is 619 g/mol. The molecule has 1 aromatic rings. The Balaban J connectivity index is 1.58. The third-order valence-corrected chi connectivity index (χ3v) is 9.59. The molecular formula is C33H42Cl2N4O6. The van der Waals surface area contributed by atoms with Crippen LogP contribution in [0.25, 0.3) is 0 Å². The molecule has 0 bridgehead atoms. The van der Waals surface area contributed by atoms with Crippen LogP contribution in [0, 0.1) is 17.8 Å². The summed E-state index contributed by atoms with van der Waals surface area (Å²) < 4.78 is 4.26. The van der Waals surface area contributed by atoms with Gasteiger partial charge < -0.3 is 25.6 Å². The smallest absolute Gasteiger partial charge is 0.408 e. The lowest BCUT2D eigenvalue weighted by Gasteiger charge is -2.35. The number of halogens is 2. The van der Waals surface area contributed by atoms with Gasteiger partial charge in [0, 0.05) is 24.9 Å². The molecule has 12 heteroatoms. The normalized spacial score (nSPS) is 22.7. The number of Topliss-reactive ketones (excluding diaryl/α,β-unsaturated/α-hetero) is 1. The van der Waals surface area contributed by atoms with E-state index in [4.69, 9.17) is 27.9 Å². The van der Waals surface area contributed by atoms with E-state index in [1.54, 1.807) is 32.9 Å². The van der Waals surface area contributed by atoms with Crippen LogP contribution in [0.4, 0.5) is 4.79 Å². The van der Waals surface area contributed by atoms with Gasteiger partial charge in [-0.1, -0.05) is 36.4 Å². The molecule has 1 heterocycles. The summed E-state index contributed by atoms with van der Waals surface area (Å²) in [5.41, 5.74) is 1.37. The number of alkyl halides is 2. The van der Waals surface area contributed by atoms with Crippen molar-refractivity contribution in [2.45, 2.75) is 80.9 Å². The Morgan fingerprint density at radius 2 is 1.67 bits per heavy atom. The average Bonchev–Trinajstić information content (AvgIpc) is 3.34. The van der Waals surface area contributed by atoms with Crippen molar-refractivity contribution in [1.82, 2.24) is 20.9 Å². The number of piperidine rings is 1. The molecule has 4 rings (SSSR count). The van der Waals surface area contributed by atoms with Crippen LogP contribution < -0.4 is 16.0 Å². The number of ether oxygens (including phenoxy) is 1. The van der Waals surface area contributed by atoms with Crippen molar-refractivity contribution in [3.63, 3.8) is 0 Å². The van der Waals surface area contributed by atoms with Crippen molar-refractivity contribution >= 4 is 52.8 Å². The first-order valence-electron chi connectivity index (χ1n) is 15.3. The van der Waals surface area contributed by atoms with Gasteiger partial charge in [-0.15, -0.1) is 36.4 Å². The molecule has 1 aromatic carbocycles. The molecule has 1 saturated carbocycles. The fraction of sp³-hybridized carbons (Fsp3) is 0.545. The minimum atomic E-state index is -1.24. The highest BCUT2D eigenvalue weighted by atomic mass is 35.5. The van der Waals surface area contributed by atoms with Crippen molar-refractivity contribution in [3.8, 4) is 0 Å². The zero-order valence-corrected chi connectivity index (χ0v) is 27.5. The summed E-state index contributed by atoms with van der Waals surface area (Å²) >= 11 is 13.1. The number of nitrogens with one attached hydrogen (secondary N) is 3. The molecule has 0 spiro atoms. The summed E-state index contributed by atoms with van der Waals surface area (Å²) in [4.78, 5) is 68.3. The highest BCUT2D eigenvalue weighted by molar-refractivity contribution is 6.51. The first-order chi connectivity index (χ1) is 21.2. The van der Waals surface area contributed by atoms with Crippen molar-refractivity contribution in [2.24, 2.45) is 17.8 Å². The second-order valence-corrected chi connectivity index (χ2v) is 14.4. The lowest BCUT2D eigenvalue weighted by molar-refractivity contribution is -0.144. The van der Waals surface area contributed by atoms with Gasteiger partial charge in [-0.3, -0.25) is 19.2 Å². The first-order valence-corrected chi connectivity index (χ1v) is 16.0. The predicted octanol–water partition coefficient (Wildman–Crippen LogP) is 3.64. The Kier molecular flexibility index (Phi) is 10.7. The molecule has 45 heavy (non-hydrogen) atoms. The quantitative estimate of drug-likeness (QED) is 0.128. The second-order valence-electron chi connectivity index (χ2n) is 12.9. The number of hydrogen-bond acceptors (Lipinski definition) is 6. The third kappa shape index (κ3) is 7.90. The number of allylic oxidation sites excluding steroid dienone is 1. The van der Waals surface area contributed by atoms with E-state index in [0.717, 1.165) is 11.1 Å². The van der Waals surface area contributed by atoms with E-state index in [0.29, 0.717) is 25.7 Å². The van der Waals surface area contributed by atoms with Gasteiger partial charge in [0.05, 0.1) is 6.04 Å². The first kappa shape index (κ1) is 34.5. The molecule has 10 nitrogen and oxygen atoms in total. The Labute approximate surface area is 274 Å². The summed E-state index contributed by atoms with van der Waals surface area (Å²) in [6, 6.07) is 4.56. The number of likely N-dealkylation sites (tertiary alicyclic amines) is 1. The zero-order chi connectivity index (χ0) is 33.1. The lowest BCUT2D eigenvalue weighted by Crippen LogP contribution is -2.60. The summed E-state index contributed by atoms with van der Waals surface area (Å²) in [6.07, 6.45) is 4.51. The molecule has 2 fully saturated rings. The van der Waals surface area contributed by atoms with Gasteiger partial charge >= 0.3 is 6.09 Å². The Hall–Kier alpha value is -3.37. The molecule has 1 saturated heterocycles. The van der Waals surface area contributed by atoms with Crippen molar-refractivity contribution < 1.29 is 28.7 Å². The topological polar surface area (TPSA) is 134 Å². The maximum atomic E-state index is 14.4. The van der Waals surface area contributed by atoms with E-state index < -0.39 is 63.6 Å². The molecule has 0 radical (unpaired) electrons. The molecule has 1 unspecified atom stereocenters. The van der Waals surface area contributed by atoms with Gasteiger partial charge in [-0.2, -0.15) is 0 Å². The number of carbonyl (C=O) groups is 5. The number of benzene rings is 1. The van der Waals surface area contributed by atoms with Gasteiger partial charge in [-0.25, -0.2) is 4.79 Å². The van der Waals surface area contributed by atoms with Crippen LogP contribution in [0.3, 0.4) is 0 Å². The molecule has 5 atom stereocenters. The fourth-order valence-corrected chi connectivity index (χ4v) is 7.13. The number of alkyl carbamates (subject to hydrolysis) is 1. The number of carbonyl (C=O) groups excluding carboxylic acids is 5. The van der Waals surface area contributed by atoms with E-state index in [1.807, 2.05) is 24.3 Å². The van der Waals surface area contributed by atoms with E-state index in [2.05, 4.69) is 29.1 Å². The molecule has 2 aliphatic carbocycles. The van der Waals surface area contributed by atoms with E-state index in [9.17, 15) is 24.0 Å². The number of hydrogen-bond donors (Lipinski definition) is 3. The van der Waals surface area contributed by atoms with E-state index in [-0.39, 0.29) is 31.3 Å². The molecule has 244 valence electrons. The second kappa shape index (κ2) is 14.0. The maximum Gasteiger partial charge on any atom is 0.408 e. The van der Waals surface area contributed by atoms with Crippen molar-refractivity contribution in [1.29, 1.82) is 0 Å². The van der Waals surface area contributed by atoms with Crippen molar-refractivity contribution in [3.05, 3.63) is 60.7 Å². The molecule has 4 amide bonds. The Morgan fingerprint density at radius 1 is 1.04 bits per heavy atom. The van der Waals surface area contributed by atoms with Crippen LogP contribution >= 0.6 is 23.2 Å². The van der Waals surface area contributed by atoms with Gasteiger partial charge in [0.25, 0.3) is 5.91 Å². The lowest BCUT2D eigenvalue weighted by atomic mass is 9.94. The van der Waals surface area contributed by atoms with Gasteiger partial charge in [0.15, 0.2) is 0 Å². The van der Waals surface area contributed by atoms with Crippen LogP contribution in [0.15, 0.2) is 49.6 Å². The van der Waals surface area contributed by atoms with E-state index in [1.165, 1.54) is 4.90 Å². The van der Waals surface area contributed by atoms with Crippen molar-refractivity contribution in [2.75, 3.05) is 13.1 Å². The van der Waals surface area contributed by atoms with Crippen LogP contribution in [-0.2, 0) is 36.8 Å². The number of ketones is 1. The van der Waals surface area contributed by atoms with Crippen LogP contribution in [0.1, 0.15) is 51.2 Å². The highest BCUT2D eigenvalue weighted by Gasteiger charge is 2.74. The summed E-state index contributed by atoms with van der Waals surface area (Å²) in [7, 11) is 0. The third-order valence-electron chi connectivity index (χ3n) is 8.53. The predicted molar refractivity (Wildman–Crippen MR) is 172 cm³/mol. The van der Waals surface area contributed by atoms with Crippen LogP contribution in [-0.4, -0.2) is 75.6 Å². The van der Waals surface area contributed by atoms with Gasteiger partial charge in [0.2, 0.25) is 17.6 Å². The fourth-order valence-electron chi connectivity index (χ4n) is 6.30. The molecule has 1 aliphatic heterocycles. The standard InChI is InChI=1S/C33H42Cl2N4O6/c1-6-8-14-23(27(40)29(42)36-15-9-7-2)37-28(41)26-24-22(33(24,34)35)18-39(26)30(43)25(38-31(44)45-32(3,4)5)21-16-19-12-10-11-13-20(19)17-21/h6-7,10-13,21-26H,1-2,8-9,14-18H2,3-5H3,(H,36,42)(H,37,41)(H,38,44)/t22-,23-,24-,25?,26-/m0/s1. The Bertz CT molecular complexity index is 1330. The Morgan fingerprint density at radius 3 is 2.24 bits per heavy atom. The summed E-state index contributed by atoms with van der Waals surface area (Å²) in [6.45, 7) is 12.8. The average molecular weight is 662 g/mol. The minimum absolute atomic E-state index is 0.0913. The SMILES string of the molecule is C=CCCNC(=O)C(=O)[C@H](CCC=C)NC(=O)[C@@H]1[C@@H]2[C@H](CN1C(=O)C(NC(=O)OC(C)(C)C)C1Cc3ccccc3C1)C2(Cl)Cl. The summed E-state index contributed by atoms with van der Waals surface area (Å²) in [5.74, 6) is -4.02. The number of fused-ring (bicyclic) bond motifs is 2. The highest BCUT2D eigenvalue weighted by Crippen LogP contribution is 2.65. The zero-order valence-electron chi connectivity index (χ0n) is 25.9. The maximum absolute atomic E-state index is 14.4. The van der Waals surface area contributed by atoms with Crippen LogP contribution in [0.5, 0.6) is 0 Å². The van der Waals surface area contributed by atoms with Gasteiger partial charge in [0.1, 0.15) is 22.0 Å². The minimum Gasteiger partial charge on any atom is -0.444 e. The molecule has 3 N–H and O–H groups in total. The largest absolute Gasteiger partial charge is 0.444 e. The molecule has 0 aromatic heterocycles. The molecule has 3 aliphatic rings. The number of amides is 4. The van der Waals surface area contributed by atoms with Crippen LogP contribution in [0.2, 0.25) is 0 Å². The van der Waals surface area contributed by atoms with Gasteiger partial charge in [-0.05, 0) is 69.9 Å².